The summed E-state index contributed by atoms with van der Waals surface area (Å²) in [4.78, 5) is 39.1. The van der Waals surface area contributed by atoms with Crippen molar-refractivity contribution in [3.63, 3.8) is 0 Å². The summed E-state index contributed by atoms with van der Waals surface area (Å²) in [6, 6.07) is 11.7. The maximum absolute atomic E-state index is 13.3. The minimum Gasteiger partial charge on any atom is -0.490 e. The number of anilines is 1. The van der Waals surface area contributed by atoms with E-state index in [-0.39, 0.29) is 44.8 Å². The Balaban J connectivity index is 1.74. The Morgan fingerprint density at radius 1 is 0.974 bits per heavy atom. The lowest BCUT2D eigenvalue weighted by molar-refractivity contribution is -0.122. The molecule has 1 aliphatic rings. The Kier molecular flexibility index (Phi) is 8.22. The number of barbiturate groups is 1. The molecule has 0 unspecified atom stereocenters. The molecule has 3 aromatic rings. The van der Waals surface area contributed by atoms with E-state index in [4.69, 9.17) is 43.7 Å². The third-order valence-corrected chi connectivity index (χ3v) is 7.70. The minimum absolute atomic E-state index is 0.0586. The lowest BCUT2D eigenvalue weighted by Crippen LogP contribution is -2.54. The molecule has 13 heteroatoms. The van der Waals surface area contributed by atoms with Gasteiger partial charge in [-0.3, -0.25) is 14.9 Å². The fourth-order valence-corrected chi connectivity index (χ4v) is 5.21. The first-order chi connectivity index (χ1) is 18.4. The number of ether oxygens (including phenoxy) is 1. The van der Waals surface area contributed by atoms with E-state index in [2.05, 4.69) is 5.32 Å². The number of nitrogens with one attached hydrogen (secondary N) is 1. The summed E-state index contributed by atoms with van der Waals surface area (Å²) in [7, 11) is -4.31. The molecule has 0 aliphatic carbocycles. The molecular weight excluding hydrogens is 591 g/mol. The van der Waals surface area contributed by atoms with E-state index in [1.807, 2.05) is 0 Å². The van der Waals surface area contributed by atoms with E-state index in [1.165, 1.54) is 48.5 Å². The highest BCUT2D eigenvalue weighted by Crippen LogP contribution is 2.39. The number of carbonyl (C=O) groups is 3. The fourth-order valence-electron chi connectivity index (χ4n) is 3.66. The molecule has 3 aromatic carbocycles. The normalized spacial score (nSPS) is 14.9. The first-order valence-corrected chi connectivity index (χ1v) is 13.8. The van der Waals surface area contributed by atoms with Gasteiger partial charge in [0, 0.05) is 10.0 Å². The van der Waals surface area contributed by atoms with Crippen LogP contribution in [0.2, 0.25) is 15.1 Å². The van der Waals surface area contributed by atoms with E-state index in [0.717, 1.165) is 4.90 Å². The third-order valence-electron chi connectivity index (χ3n) is 5.52. The minimum atomic E-state index is -4.31. The van der Waals surface area contributed by atoms with Gasteiger partial charge in [0.05, 0.1) is 17.3 Å². The maximum Gasteiger partial charge on any atom is 0.339 e. The molecule has 9 nitrogen and oxygen atoms in total. The van der Waals surface area contributed by atoms with Gasteiger partial charge in [0.15, 0.2) is 5.75 Å². The number of hydrogen-bond donors (Lipinski definition) is 1. The highest BCUT2D eigenvalue weighted by molar-refractivity contribution is 7.87. The highest BCUT2D eigenvalue weighted by atomic mass is 35.5. The van der Waals surface area contributed by atoms with Crippen molar-refractivity contribution in [2.75, 3.05) is 11.5 Å². The van der Waals surface area contributed by atoms with Crippen LogP contribution in [0.3, 0.4) is 0 Å². The zero-order valence-electron chi connectivity index (χ0n) is 20.3. The van der Waals surface area contributed by atoms with Gasteiger partial charge in [0.25, 0.3) is 11.8 Å². The molecule has 0 bridgehead atoms. The average Bonchev–Trinajstić information content (AvgIpc) is 2.87. The monoisotopic (exact) mass is 608 g/mol. The van der Waals surface area contributed by atoms with Crippen LogP contribution in [0, 0.1) is 6.92 Å². The van der Waals surface area contributed by atoms with Crippen LogP contribution in [0.25, 0.3) is 6.08 Å². The molecule has 1 aliphatic heterocycles. The Morgan fingerprint density at radius 3 is 2.33 bits per heavy atom. The van der Waals surface area contributed by atoms with Crippen LogP contribution in [0.15, 0.2) is 65.1 Å². The van der Waals surface area contributed by atoms with Crippen LogP contribution < -0.4 is 19.1 Å². The van der Waals surface area contributed by atoms with Crippen molar-refractivity contribution in [2.45, 2.75) is 18.7 Å². The molecule has 39 heavy (non-hydrogen) atoms. The van der Waals surface area contributed by atoms with Crippen molar-refractivity contribution >= 4 is 74.5 Å². The predicted octanol–water partition coefficient (Wildman–Crippen LogP) is 5.79. The second-order valence-corrected chi connectivity index (χ2v) is 10.9. The molecule has 4 amide bonds. The summed E-state index contributed by atoms with van der Waals surface area (Å²) in [5.74, 6) is -2.17. The zero-order valence-corrected chi connectivity index (χ0v) is 23.4. The molecule has 0 saturated carbocycles. The summed E-state index contributed by atoms with van der Waals surface area (Å²) in [5, 5.41) is 2.62. The molecule has 4 rings (SSSR count). The van der Waals surface area contributed by atoms with Gasteiger partial charge in [0.1, 0.15) is 10.5 Å². The van der Waals surface area contributed by atoms with Gasteiger partial charge in [-0.1, -0.05) is 40.9 Å². The lowest BCUT2D eigenvalue weighted by atomic mass is 10.1. The number of amides is 4. The van der Waals surface area contributed by atoms with Crippen LogP contribution in [-0.2, 0) is 19.7 Å². The number of nitrogens with zero attached hydrogens (tertiary/aromatic N) is 1. The molecule has 1 saturated heterocycles. The van der Waals surface area contributed by atoms with Crippen LogP contribution in [0.4, 0.5) is 10.5 Å². The van der Waals surface area contributed by atoms with Gasteiger partial charge < -0.3 is 8.92 Å². The van der Waals surface area contributed by atoms with Crippen LogP contribution in [0.1, 0.15) is 18.1 Å². The smallest absolute Gasteiger partial charge is 0.339 e. The molecule has 0 spiro atoms. The summed E-state index contributed by atoms with van der Waals surface area (Å²) < 4.78 is 36.5. The van der Waals surface area contributed by atoms with Crippen LogP contribution in [-0.4, -0.2) is 32.9 Å². The van der Waals surface area contributed by atoms with Crippen molar-refractivity contribution < 1.29 is 31.7 Å². The highest BCUT2D eigenvalue weighted by Gasteiger charge is 2.37. The van der Waals surface area contributed by atoms with E-state index >= 15 is 0 Å². The quantitative estimate of drug-likeness (QED) is 0.205. The van der Waals surface area contributed by atoms with Crippen molar-refractivity contribution in [3.8, 4) is 11.5 Å². The number of imide groups is 2. The molecule has 0 aromatic heterocycles. The molecule has 0 atom stereocenters. The lowest BCUT2D eigenvalue weighted by Gasteiger charge is -2.27. The van der Waals surface area contributed by atoms with Gasteiger partial charge in [-0.05, 0) is 79.6 Å². The topological polar surface area (TPSA) is 119 Å². The SMILES string of the molecule is CCOc1cc(/C=C2\C(=O)NC(=O)N(c3cccc(Cl)c3C)C2=O)cc(Cl)c1OS(=O)(=O)c1ccc(Cl)cc1. The average molecular weight is 610 g/mol. The second-order valence-electron chi connectivity index (χ2n) is 8.10. The first-order valence-electron chi connectivity index (χ1n) is 11.3. The van der Waals surface area contributed by atoms with Gasteiger partial charge in [-0.2, -0.15) is 8.42 Å². The van der Waals surface area contributed by atoms with Crippen molar-refractivity contribution in [1.82, 2.24) is 5.32 Å². The van der Waals surface area contributed by atoms with Gasteiger partial charge >= 0.3 is 16.1 Å². The Bertz CT molecular complexity index is 1640. The third kappa shape index (κ3) is 5.89. The van der Waals surface area contributed by atoms with Crippen LogP contribution >= 0.6 is 34.8 Å². The summed E-state index contributed by atoms with van der Waals surface area (Å²) in [5.41, 5.74) is 0.485. The number of carbonyl (C=O) groups excluding carboxylic acids is 3. The molecule has 1 heterocycles. The van der Waals surface area contributed by atoms with E-state index < -0.39 is 28.0 Å². The molecule has 0 radical (unpaired) electrons. The number of halogens is 3. The number of urea groups is 1. The molecular formula is C26H19Cl3N2O7S. The van der Waals surface area contributed by atoms with Crippen molar-refractivity contribution in [1.29, 1.82) is 0 Å². The first kappa shape index (κ1) is 28.4. The van der Waals surface area contributed by atoms with Crippen molar-refractivity contribution in [2.24, 2.45) is 0 Å². The fraction of sp³-hybridized carbons (Fsp3) is 0.115. The molecule has 1 fully saturated rings. The molecule has 202 valence electrons. The predicted molar refractivity (Wildman–Crippen MR) is 147 cm³/mol. The number of rotatable bonds is 7. The van der Waals surface area contributed by atoms with E-state index in [9.17, 15) is 22.8 Å². The van der Waals surface area contributed by atoms with Gasteiger partial charge in [0.2, 0.25) is 5.75 Å². The maximum atomic E-state index is 13.3. The Hall–Kier alpha value is -3.57. The number of hydrogen-bond acceptors (Lipinski definition) is 7. The van der Waals surface area contributed by atoms with E-state index in [0.29, 0.717) is 15.6 Å². The summed E-state index contributed by atoms with van der Waals surface area (Å²) in [6.07, 6.45) is 1.20. The summed E-state index contributed by atoms with van der Waals surface area (Å²) in [6.45, 7) is 3.40. The van der Waals surface area contributed by atoms with Crippen molar-refractivity contribution in [3.05, 3.63) is 86.4 Å². The van der Waals surface area contributed by atoms with Crippen LogP contribution in [0.5, 0.6) is 11.5 Å². The zero-order chi connectivity index (χ0) is 28.5. The Labute approximate surface area is 239 Å². The largest absolute Gasteiger partial charge is 0.490 e. The van der Waals surface area contributed by atoms with Gasteiger partial charge in [-0.15, -0.1) is 0 Å². The summed E-state index contributed by atoms with van der Waals surface area (Å²) >= 11 is 18.4. The molecule has 1 N–H and O–H groups in total. The standard InChI is InChI=1S/C26H19Cl3N2O7S/c1-3-37-22-13-15(12-20(29)23(22)38-39(35,36)17-9-7-16(27)8-10-17)11-18-24(32)30-26(34)31(25(18)33)21-6-4-5-19(28)14(21)2/h4-13H,3H2,1-2H3,(H,30,32,34)/b18-11+. The Morgan fingerprint density at radius 2 is 1.67 bits per heavy atom. The van der Waals surface area contributed by atoms with Gasteiger partial charge in [-0.25, -0.2) is 9.69 Å². The second kappa shape index (κ2) is 11.3. The van der Waals surface area contributed by atoms with E-state index in [1.54, 1.807) is 26.0 Å². The number of benzene rings is 3.